The Morgan fingerprint density at radius 3 is 1.74 bits per heavy atom. The summed E-state index contributed by atoms with van der Waals surface area (Å²) < 4.78 is 22.4. The van der Waals surface area contributed by atoms with E-state index in [1.165, 1.54) is 55.8 Å². The van der Waals surface area contributed by atoms with Crippen LogP contribution in [0.25, 0.3) is 46.6 Å². The normalized spacial score (nSPS) is 15.3. The fourth-order valence-electron chi connectivity index (χ4n) is 11.4. The van der Waals surface area contributed by atoms with Gasteiger partial charge in [0.2, 0.25) is 0 Å². The molecule has 0 saturated heterocycles. The molecule has 0 amide bonds. The van der Waals surface area contributed by atoms with Crippen LogP contribution in [0.15, 0.2) is 109 Å². The van der Waals surface area contributed by atoms with E-state index >= 15 is 0 Å². The third-order valence-corrected chi connectivity index (χ3v) is 21.1. The maximum atomic E-state index is 12.4. The number of ether oxygens (including phenoxy) is 3. The van der Waals surface area contributed by atoms with Crippen molar-refractivity contribution in [2.24, 2.45) is 0 Å². The molecule has 11 rings (SSSR count). The Labute approximate surface area is 452 Å². The number of carbonyl (C=O) groups is 4. The minimum Gasteiger partial charge on any atom is -0.488 e. The van der Waals surface area contributed by atoms with E-state index in [1.54, 1.807) is 46.9 Å². The van der Waals surface area contributed by atoms with Gasteiger partial charge in [-0.25, -0.2) is 0 Å². The van der Waals surface area contributed by atoms with Gasteiger partial charge in [-0.1, -0.05) is 62.4 Å². The van der Waals surface area contributed by atoms with Crippen molar-refractivity contribution in [3.63, 3.8) is 0 Å². The molecule has 77 heavy (non-hydrogen) atoms. The van der Waals surface area contributed by atoms with Crippen LogP contribution in [0, 0.1) is 11.9 Å². The molecule has 14 nitrogen and oxygen atoms in total. The second kappa shape index (κ2) is 19.3. The molecular formula is C60H56N3O11PS2. The zero-order chi connectivity index (χ0) is 54.4. The zero-order valence-electron chi connectivity index (χ0n) is 43.4. The molecule has 0 bridgehead atoms. The van der Waals surface area contributed by atoms with Gasteiger partial charge < -0.3 is 49.3 Å². The molecule has 4 N–H and O–H groups in total. The third kappa shape index (κ3) is 8.91. The van der Waals surface area contributed by atoms with Crippen LogP contribution in [0.3, 0.4) is 0 Å². The molecule has 1 unspecified atom stereocenters. The van der Waals surface area contributed by atoms with E-state index in [4.69, 9.17) is 14.2 Å². The fraction of sp³-hybridized carbons (Fsp3) is 0.250. The van der Waals surface area contributed by atoms with Gasteiger partial charge in [-0.3, -0.25) is 19.2 Å². The molecule has 17 heteroatoms. The molecule has 0 saturated carbocycles. The van der Waals surface area contributed by atoms with Crippen molar-refractivity contribution < 1.29 is 53.8 Å². The summed E-state index contributed by atoms with van der Waals surface area (Å²) in [5.74, 6) is -3.15. The Bertz CT molecular complexity index is 3940. The molecule has 3 aliphatic rings. The van der Waals surface area contributed by atoms with Crippen LogP contribution in [0.2, 0.25) is 0 Å². The average Bonchev–Trinajstić information content (AvgIpc) is 4.15. The Balaban J connectivity index is 1.11. The molecule has 0 spiro atoms. The highest BCUT2D eigenvalue weighted by atomic mass is 32.1. The van der Waals surface area contributed by atoms with Crippen LogP contribution in [0.4, 0.5) is 17.1 Å². The van der Waals surface area contributed by atoms with Crippen molar-refractivity contribution in [3.8, 4) is 43.9 Å². The summed E-state index contributed by atoms with van der Waals surface area (Å²) in [6, 6.07) is 36.4. The highest BCUT2D eigenvalue weighted by Crippen LogP contribution is 2.61. The Kier molecular flexibility index (Phi) is 12.9. The maximum absolute atomic E-state index is 12.4. The average molecular weight is 1090 g/mol. The van der Waals surface area contributed by atoms with Crippen molar-refractivity contribution in [2.75, 3.05) is 67.8 Å². The Morgan fingerprint density at radius 1 is 0.623 bits per heavy atom. The predicted molar refractivity (Wildman–Crippen MR) is 307 cm³/mol. The zero-order valence-corrected chi connectivity index (χ0v) is 46.1. The third-order valence-electron chi connectivity index (χ3n) is 15.4. The quantitative estimate of drug-likeness (QED) is 0.0529. The maximum Gasteiger partial charge on any atom is 0.323 e. The van der Waals surface area contributed by atoms with Gasteiger partial charge in [0.05, 0.1) is 16.9 Å². The molecule has 0 fully saturated rings. The number of hydrogen-bond donors (Lipinski definition) is 4. The first-order valence-electron chi connectivity index (χ1n) is 25.1. The van der Waals surface area contributed by atoms with Crippen LogP contribution in [0.1, 0.15) is 55.5 Å². The highest BCUT2D eigenvalue weighted by molar-refractivity contribution is 7.50. The van der Waals surface area contributed by atoms with Gasteiger partial charge in [0.1, 0.15) is 62.4 Å². The van der Waals surface area contributed by atoms with Crippen molar-refractivity contribution >= 4 is 96.9 Å². The van der Waals surface area contributed by atoms with Crippen LogP contribution in [0.5, 0.6) is 23.0 Å². The predicted octanol–water partition coefficient (Wildman–Crippen LogP) is 11.5. The first kappa shape index (κ1) is 51.3. The monoisotopic (exact) mass is 1090 g/mol. The standard InChI is InChI=1S/C60H56N3O11PS2/c1-32-16-18-40(62(28-50(64)65)29-51(66)67)45(22-32)72-20-21-73-46-23-33(17-19-41(46)63(30-52(68)69)31-53(70)71)54-37-24-36-42(61(6)59(2,3)55-34-12-8-10-14-48(34)76-57(36)55)26-43(37)74-44-27-47-39(25-38(44)54)58-56(60(4,5)75(47)7)35-13-9-11-15-49(35)77-58/h8-19,22-27,75H,20-21,28-31H2,1-7H3,(H,64,65)(H,66,67)(H,68,69)(H,70,71). The Hall–Kier alpha value is -7.78. The number of benzene rings is 6. The van der Waals surface area contributed by atoms with E-state index in [1.807, 2.05) is 19.1 Å². The van der Waals surface area contributed by atoms with Crippen LogP contribution < -0.4 is 34.1 Å². The molecule has 5 heterocycles. The first-order valence-corrected chi connectivity index (χ1v) is 28.8. The van der Waals surface area contributed by atoms with Gasteiger partial charge in [0, 0.05) is 70.6 Å². The number of aryl methyl sites for hydroxylation is 1. The van der Waals surface area contributed by atoms with E-state index in [0.29, 0.717) is 17.1 Å². The SMILES string of the molecule is Cc1ccc(N(CC(=O)O)CC(=O)O)c(OCCOc2cc(C3=c4cc5c(cc4Oc4cc6c(cc43)-c3sc4ccccc4c3C(C)(C)N6C)=[PH](C)C(C)(C)c3c-5sc4ccccc34)ccc2N(CC(=O)O)CC(=O)O)c1. The molecule has 2 aromatic heterocycles. The van der Waals surface area contributed by atoms with E-state index in [2.05, 4.69) is 119 Å². The lowest BCUT2D eigenvalue weighted by Gasteiger charge is -2.43. The van der Waals surface area contributed by atoms with Gasteiger partial charge >= 0.3 is 23.9 Å². The molecular weight excluding hydrogens is 1030 g/mol. The number of carboxylic acid groups (broad SMARTS) is 4. The van der Waals surface area contributed by atoms with Crippen molar-refractivity contribution in [3.05, 3.63) is 147 Å². The first-order chi connectivity index (χ1) is 36.7. The van der Waals surface area contributed by atoms with E-state index in [9.17, 15) is 39.6 Å². The van der Waals surface area contributed by atoms with E-state index in [0.717, 1.165) is 38.7 Å². The van der Waals surface area contributed by atoms with E-state index in [-0.39, 0.29) is 46.8 Å². The van der Waals surface area contributed by atoms with Gasteiger partial charge in [0.15, 0.2) is 0 Å². The van der Waals surface area contributed by atoms with Crippen molar-refractivity contribution in [2.45, 2.75) is 45.3 Å². The van der Waals surface area contributed by atoms with E-state index < -0.39 is 57.6 Å². The summed E-state index contributed by atoms with van der Waals surface area (Å²) in [7, 11) is 0.883. The summed E-state index contributed by atoms with van der Waals surface area (Å²) in [6.45, 7) is 10.7. The van der Waals surface area contributed by atoms with Gasteiger partial charge in [-0.2, -0.15) is 0 Å². The number of anilines is 3. The summed E-state index contributed by atoms with van der Waals surface area (Å²) >= 11 is 3.57. The number of nitrogens with zero attached hydrogens (tertiary/aromatic N) is 3. The number of carboxylic acids is 4. The molecule has 8 aromatic rings. The number of fused-ring (bicyclic) bond motifs is 12. The smallest absolute Gasteiger partial charge is 0.323 e. The van der Waals surface area contributed by atoms with Gasteiger partial charge in [0.25, 0.3) is 0 Å². The lowest BCUT2D eigenvalue weighted by molar-refractivity contribution is -0.138. The van der Waals surface area contributed by atoms with Crippen LogP contribution in [-0.2, 0) is 29.9 Å². The summed E-state index contributed by atoms with van der Waals surface area (Å²) in [4.78, 5) is 56.9. The molecule has 3 aliphatic heterocycles. The Morgan fingerprint density at radius 2 is 1.16 bits per heavy atom. The lowest BCUT2D eigenvalue weighted by atomic mass is 9.82. The summed E-state index contributed by atoms with van der Waals surface area (Å²) in [5.41, 5.74) is 9.10. The minimum absolute atomic E-state index is 0.115. The molecule has 0 aliphatic carbocycles. The van der Waals surface area contributed by atoms with Crippen molar-refractivity contribution in [1.82, 2.24) is 0 Å². The highest BCUT2D eigenvalue weighted by Gasteiger charge is 2.41. The molecule has 394 valence electrons. The largest absolute Gasteiger partial charge is 0.488 e. The summed E-state index contributed by atoms with van der Waals surface area (Å²) in [5, 5.41) is 42.7. The molecule has 1 atom stereocenters. The second-order valence-electron chi connectivity index (χ2n) is 20.8. The topological polar surface area (TPSA) is 187 Å². The van der Waals surface area contributed by atoms with Gasteiger partial charge in [-0.05, 0) is 120 Å². The second-order valence-corrected chi connectivity index (χ2v) is 26.0. The van der Waals surface area contributed by atoms with Gasteiger partial charge in [-0.15, -0.1) is 30.2 Å². The number of rotatable bonds is 16. The van der Waals surface area contributed by atoms with Crippen LogP contribution >= 0.6 is 30.2 Å². The summed E-state index contributed by atoms with van der Waals surface area (Å²) in [6.07, 6.45) is 0. The minimum atomic E-state index is -1.24. The number of aliphatic carboxylic acids is 4. The lowest BCUT2D eigenvalue weighted by Crippen LogP contribution is -2.41. The molecule has 0 radical (unpaired) electrons. The van der Waals surface area contributed by atoms with Crippen molar-refractivity contribution in [1.29, 1.82) is 0 Å². The fourth-order valence-corrected chi connectivity index (χ4v) is 16.6. The van der Waals surface area contributed by atoms with Crippen LogP contribution in [-0.4, -0.2) is 97.4 Å². The molecule has 6 aromatic carbocycles. The number of thiophene rings is 2. The number of hydrogen-bond acceptors (Lipinski definition) is 12.